The van der Waals surface area contributed by atoms with Crippen molar-refractivity contribution in [2.24, 2.45) is 0 Å². The number of carbonyl (C=O) groups is 1. The average molecular weight is 373 g/mol. The molecule has 1 fully saturated rings. The highest BCUT2D eigenvalue weighted by atomic mass is 32.2. The van der Waals surface area contributed by atoms with Gasteiger partial charge in [-0.2, -0.15) is 4.72 Å². The lowest BCUT2D eigenvalue weighted by molar-refractivity contribution is -0.118. The molecule has 0 spiro atoms. The third kappa shape index (κ3) is 4.05. The van der Waals surface area contributed by atoms with Crippen LogP contribution in [0.4, 0.5) is 14.5 Å². The van der Waals surface area contributed by atoms with Gasteiger partial charge in [-0.05, 0) is 45.1 Å². The van der Waals surface area contributed by atoms with Crippen LogP contribution in [-0.4, -0.2) is 45.9 Å². The van der Waals surface area contributed by atoms with Crippen molar-refractivity contribution in [1.29, 1.82) is 0 Å². The van der Waals surface area contributed by atoms with E-state index in [1.807, 2.05) is 0 Å². The van der Waals surface area contributed by atoms with E-state index in [0.29, 0.717) is 11.0 Å². The van der Waals surface area contributed by atoms with Gasteiger partial charge in [-0.3, -0.25) is 4.79 Å². The van der Waals surface area contributed by atoms with Gasteiger partial charge in [0.2, 0.25) is 15.9 Å². The number of sulfonamides is 1. The van der Waals surface area contributed by atoms with E-state index < -0.39 is 39.3 Å². The molecule has 0 saturated carbocycles. The Morgan fingerprint density at radius 1 is 1.36 bits per heavy atom. The predicted molar refractivity (Wildman–Crippen MR) is 91.5 cm³/mol. The Bertz CT molecular complexity index is 773. The van der Waals surface area contributed by atoms with Crippen molar-refractivity contribution in [1.82, 2.24) is 9.62 Å². The third-order valence-electron chi connectivity index (χ3n) is 4.30. The number of nitrogens with one attached hydrogen (secondary N) is 1. The lowest BCUT2D eigenvalue weighted by Gasteiger charge is -2.23. The lowest BCUT2D eigenvalue weighted by Crippen LogP contribution is -2.41. The molecule has 0 unspecified atom stereocenters. The molecule has 1 aromatic rings. The molecule has 1 aliphatic rings. The Balaban J connectivity index is 2.31. The molecular formula is C16H21F2N3O3S. The second kappa shape index (κ2) is 7.19. The number of anilines is 1. The monoisotopic (exact) mass is 373 g/mol. The first-order valence-electron chi connectivity index (χ1n) is 7.69. The SMILES string of the molecule is C=CS(=O)(=O)N[C@H]1CCN(c2c(F)cc([C@@H](C)N(C)C)cc2F)C1=O. The van der Waals surface area contributed by atoms with Crippen LogP contribution in [0, 0.1) is 11.6 Å². The number of amides is 1. The molecule has 1 aromatic carbocycles. The van der Waals surface area contributed by atoms with Crippen molar-refractivity contribution in [3.8, 4) is 0 Å². The molecule has 1 aliphatic heterocycles. The molecule has 25 heavy (non-hydrogen) atoms. The highest BCUT2D eigenvalue weighted by molar-refractivity contribution is 7.92. The van der Waals surface area contributed by atoms with Gasteiger partial charge in [0.15, 0.2) is 0 Å². The summed E-state index contributed by atoms with van der Waals surface area (Å²) in [6.07, 6.45) is 0.112. The molecule has 9 heteroatoms. The first-order valence-corrected chi connectivity index (χ1v) is 9.23. The summed E-state index contributed by atoms with van der Waals surface area (Å²) in [4.78, 5) is 15.1. The Morgan fingerprint density at radius 2 is 1.92 bits per heavy atom. The second-order valence-electron chi connectivity index (χ2n) is 6.13. The molecule has 1 saturated heterocycles. The average Bonchev–Trinajstić information content (AvgIpc) is 2.86. The highest BCUT2D eigenvalue weighted by Crippen LogP contribution is 2.31. The van der Waals surface area contributed by atoms with E-state index in [0.717, 1.165) is 4.90 Å². The topological polar surface area (TPSA) is 69.7 Å². The molecule has 1 amide bonds. The largest absolute Gasteiger partial charge is 0.306 e. The van der Waals surface area contributed by atoms with Crippen molar-refractivity contribution < 1.29 is 22.0 Å². The molecule has 0 aliphatic carbocycles. The van der Waals surface area contributed by atoms with E-state index in [-0.39, 0.29) is 19.0 Å². The number of nitrogens with zero attached hydrogens (tertiary/aromatic N) is 2. The fourth-order valence-corrected chi connectivity index (χ4v) is 3.35. The summed E-state index contributed by atoms with van der Waals surface area (Å²) in [5.41, 5.74) is -0.0145. The van der Waals surface area contributed by atoms with Gasteiger partial charge >= 0.3 is 0 Å². The van der Waals surface area contributed by atoms with E-state index >= 15 is 0 Å². The van der Waals surface area contributed by atoms with E-state index in [2.05, 4.69) is 11.3 Å². The van der Waals surface area contributed by atoms with Crippen molar-refractivity contribution >= 4 is 21.6 Å². The number of halogens is 2. The van der Waals surface area contributed by atoms with Crippen LogP contribution in [0.2, 0.25) is 0 Å². The number of carbonyl (C=O) groups excluding carboxylic acids is 1. The molecule has 2 atom stereocenters. The molecule has 1 N–H and O–H groups in total. The zero-order valence-electron chi connectivity index (χ0n) is 14.3. The first-order chi connectivity index (χ1) is 11.6. The quantitative estimate of drug-likeness (QED) is 0.825. The molecule has 0 bridgehead atoms. The smallest absolute Gasteiger partial charge is 0.245 e. The summed E-state index contributed by atoms with van der Waals surface area (Å²) in [5, 5.41) is 0.682. The van der Waals surface area contributed by atoms with Crippen molar-refractivity contribution in [2.75, 3.05) is 25.5 Å². The van der Waals surface area contributed by atoms with Gasteiger partial charge in [-0.15, -0.1) is 0 Å². The van der Waals surface area contributed by atoms with Crippen LogP contribution in [-0.2, 0) is 14.8 Å². The van der Waals surface area contributed by atoms with Crippen LogP contribution in [0.3, 0.4) is 0 Å². The van der Waals surface area contributed by atoms with Gasteiger partial charge in [-0.25, -0.2) is 17.2 Å². The number of hydrogen-bond donors (Lipinski definition) is 1. The maximum Gasteiger partial charge on any atom is 0.245 e. The predicted octanol–water partition coefficient (Wildman–Crippen LogP) is 1.76. The van der Waals surface area contributed by atoms with Crippen LogP contribution >= 0.6 is 0 Å². The molecule has 0 radical (unpaired) electrons. The minimum atomic E-state index is -3.82. The van der Waals surface area contributed by atoms with E-state index in [4.69, 9.17) is 0 Å². The Morgan fingerprint density at radius 3 is 2.40 bits per heavy atom. The summed E-state index contributed by atoms with van der Waals surface area (Å²) in [7, 11) is -0.243. The number of hydrogen-bond acceptors (Lipinski definition) is 4. The Hall–Kier alpha value is -1.84. The summed E-state index contributed by atoms with van der Waals surface area (Å²) >= 11 is 0. The standard InChI is InChI=1S/C16H21F2N3O3S/c1-5-25(23,24)19-14-6-7-21(16(14)22)15-12(17)8-11(9-13(15)18)10(2)20(3)4/h5,8-10,14,19H,1,6-7H2,2-4H3/t10-,14+/m1/s1. The van der Waals surface area contributed by atoms with Crippen LogP contribution in [0.1, 0.15) is 24.9 Å². The van der Waals surface area contributed by atoms with Crippen LogP contribution in [0.5, 0.6) is 0 Å². The van der Waals surface area contributed by atoms with E-state index in [1.54, 1.807) is 25.9 Å². The Kier molecular flexibility index (Phi) is 5.60. The fraction of sp³-hybridized carbons (Fsp3) is 0.438. The maximum atomic E-state index is 14.5. The lowest BCUT2D eigenvalue weighted by atomic mass is 10.1. The summed E-state index contributed by atoms with van der Waals surface area (Å²) in [6, 6.07) is 1.11. The van der Waals surface area contributed by atoms with Gasteiger partial charge in [0.05, 0.1) is 0 Å². The van der Waals surface area contributed by atoms with Gasteiger partial charge < -0.3 is 9.80 Å². The first kappa shape index (κ1) is 19.5. The fourth-order valence-electron chi connectivity index (χ4n) is 2.64. The minimum absolute atomic E-state index is 0.0135. The Labute approximate surface area is 146 Å². The third-order valence-corrected chi connectivity index (χ3v) is 5.35. The molecule has 6 nitrogen and oxygen atoms in total. The highest BCUT2D eigenvalue weighted by Gasteiger charge is 2.37. The van der Waals surface area contributed by atoms with E-state index in [9.17, 15) is 22.0 Å². The molecule has 2 rings (SSSR count). The second-order valence-corrected chi connectivity index (χ2v) is 7.79. The van der Waals surface area contributed by atoms with Crippen LogP contribution in [0.15, 0.2) is 24.1 Å². The maximum absolute atomic E-state index is 14.5. The molecule has 138 valence electrons. The summed E-state index contributed by atoms with van der Waals surface area (Å²) in [5.74, 6) is -2.41. The van der Waals surface area contributed by atoms with Gasteiger partial charge in [-0.1, -0.05) is 6.58 Å². The van der Waals surface area contributed by atoms with Gasteiger partial charge in [0.25, 0.3) is 0 Å². The molecule has 0 aromatic heterocycles. The summed E-state index contributed by atoms with van der Waals surface area (Å²) in [6.45, 7) is 4.96. The van der Waals surface area contributed by atoms with E-state index in [1.165, 1.54) is 12.1 Å². The zero-order chi connectivity index (χ0) is 18.9. The van der Waals surface area contributed by atoms with Crippen molar-refractivity contribution in [3.63, 3.8) is 0 Å². The molecule has 1 heterocycles. The normalized spacial score (nSPS) is 19.5. The summed E-state index contributed by atoms with van der Waals surface area (Å²) < 4.78 is 54.1. The van der Waals surface area contributed by atoms with Crippen LogP contribution in [0.25, 0.3) is 0 Å². The van der Waals surface area contributed by atoms with Crippen molar-refractivity contribution in [2.45, 2.75) is 25.4 Å². The number of rotatable bonds is 6. The van der Waals surface area contributed by atoms with Crippen molar-refractivity contribution in [3.05, 3.63) is 41.3 Å². The van der Waals surface area contributed by atoms with Crippen LogP contribution < -0.4 is 9.62 Å². The van der Waals surface area contributed by atoms with Gasteiger partial charge in [0.1, 0.15) is 23.4 Å². The van der Waals surface area contributed by atoms with Gasteiger partial charge in [0, 0.05) is 18.0 Å². The zero-order valence-corrected chi connectivity index (χ0v) is 15.1. The minimum Gasteiger partial charge on any atom is -0.306 e. The number of benzene rings is 1. The molecular weight excluding hydrogens is 352 g/mol.